The summed E-state index contributed by atoms with van der Waals surface area (Å²) in [5.41, 5.74) is 6.16. The molecule has 1 aromatic rings. The zero-order valence-electron chi connectivity index (χ0n) is 14.3. The summed E-state index contributed by atoms with van der Waals surface area (Å²) in [6.45, 7) is -3.22. The Labute approximate surface area is 157 Å². The zero-order chi connectivity index (χ0) is 18.0. The second-order valence-electron chi connectivity index (χ2n) is 7.01. The van der Waals surface area contributed by atoms with E-state index in [-0.39, 0.29) is 48.1 Å². The van der Waals surface area contributed by atoms with Gasteiger partial charge in [0.05, 0.1) is 0 Å². The van der Waals surface area contributed by atoms with Crippen molar-refractivity contribution in [3.63, 3.8) is 0 Å². The Bertz CT molecular complexity index is 618. The van der Waals surface area contributed by atoms with Crippen LogP contribution in [0.1, 0.15) is 37.7 Å². The van der Waals surface area contributed by atoms with Gasteiger partial charge < -0.3 is 15.8 Å². The van der Waals surface area contributed by atoms with E-state index < -0.39 is 12.4 Å². The Balaban J connectivity index is 0.00000243. The van der Waals surface area contributed by atoms with E-state index >= 15 is 0 Å². The first kappa shape index (κ1) is 20.8. The van der Waals surface area contributed by atoms with Crippen molar-refractivity contribution in [3.05, 3.63) is 29.6 Å². The molecule has 2 unspecified atom stereocenters. The molecule has 3 N–H and O–H groups in total. The average Bonchev–Trinajstić information content (AvgIpc) is 2.53. The Kier molecular flexibility index (Phi) is 7.17. The van der Waals surface area contributed by atoms with Gasteiger partial charge in [-0.25, -0.2) is 4.39 Å². The Morgan fingerprint density at radius 1 is 1.27 bits per heavy atom. The molecule has 8 heteroatoms. The molecule has 3 rings (SSSR count). The first-order chi connectivity index (χ1) is 12.0. The lowest BCUT2D eigenvalue weighted by molar-refractivity contribution is -0.128. The van der Waals surface area contributed by atoms with Crippen LogP contribution >= 0.6 is 12.4 Å². The molecule has 2 saturated carbocycles. The molecule has 2 atom stereocenters. The highest BCUT2D eigenvalue weighted by atomic mass is 35.5. The van der Waals surface area contributed by atoms with E-state index in [1.54, 1.807) is 0 Å². The predicted octanol–water partition coefficient (Wildman–Crippen LogP) is 3.62. The van der Waals surface area contributed by atoms with Crippen LogP contribution in [0.4, 0.5) is 13.2 Å². The summed E-state index contributed by atoms with van der Waals surface area (Å²) in [6.07, 6.45) is 4.71. The van der Waals surface area contributed by atoms with E-state index in [9.17, 15) is 18.0 Å². The van der Waals surface area contributed by atoms with Crippen LogP contribution in [0.25, 0.3) is 0 Å². The fraction of sp³-hybridized carbons (Fsp3) is 0.611. The number of fused-ring (bicyclic) bond motifs is 2. The summed E-state index contributed by atoms with van der Waals surface area (Å²) in [5, 5.41) is 2.68. The molecule has 0 radical (unpaired) electrons. The Hall–Kier alpha value is -1.47. The lowest BCUT2D eigenvalue weighted by Crippen LogP contribution is -2.49. The van der Waals surface area contributed by atoms with Gasteiger partial charge in [-0.2, -0.15) is 8.78 Å². The molecular formula is C18H24ClF3N2O2. The number of nitrogens with two attached hydrogens (primary N) is 1. The molecule has 2 fully saturated rings. The number of nitrogens with one attached hydrogen (secondary N) is 1. The van der Waals surface area contributed by atoms with Gasteiger partial charge in [-0.1, -0.05) is 12.5 Å². The standard InChI is InChI=1S/C18H23F3N2O2.ClH/c19-14-5-2-6-15(25-18(20)21)13(14)9-23-17(24)12-7-10-3-1-4-11(8-12)16(10)22;/h2,5-6,10-12,16,18H,1,3-4,7-9,22H2,(H,23,24);1H. The number of carbonyl (C=O) groups excluding carboxylic acids is 1. The molecule has 0 aromatic heterocycles. The minimum absolute atomic E-state index is 0. The van der Waals surface area contributed by atoms with Crippen molar-refractivity contribution >= 4 is 18.3 Å². The van der Waals surface area contributed by atoms with Crippen LogP contribution in [-0.2, 0) is 11.3 Å². The third kappa shape index (κ3) is 4.62. The molecule has 2 bridgehead atoms. The second kappa shape index (κ2) is 8.95. The van der Waals surface area contributed by atoms with Crippen LogP contribution in [0.3, 0.4) is 0 Å². The normalized spacial score (nSPS) is 27.6. The molecule has 146 valence electrons. The third-order valence-corrected chi connectivity index (χ3v) is 5.52. The fourth-order valence-corrected chi connectivity index (χ4v) is 4.24. The van der Waals surface area contributed by atoms with Gasteiger partial charge in [0.2, 0.25) is 5.91 Å². The zero-order valence-corrected chi connectivity index (χ0v) is 15.1. The van der Waals surface area contributed by atoms with Crippen molar-refractivity contribution in [1.29, 1.82) is 0 Å². The van der Waals surface area contributed by atoms with Crippen LogP contribution in [-0.4, -0.2) is 18.6 Å². The van der Waals surface area contributed by atoms with Crippen molar-refractivity contribution in [3.8, 4) is 5.75 Å². The fourth-order valence-electron chi connectivity index (χ4n) is 4.24. The summed E-state index contributed by atoms with van der Waals surface area (Å²) in [4.78, 5) is 12.5. The second-order valence-corrected chi connectivity index (χ2v) is 7.01. The summed E-state index contributed by atoms with van der Waals surface area (Å²) < 4.78 is 43.2. The molecule has 1 amide bonds. The van der Waals surface area contributed by atoms with Gasteiger partial charge in [-0.05, 0) is 49.7 Å². The number of rotatable bonds is 5. The minimum Gasteiger partial charge on any atom is -0.434 e. The van der Waals surface area contributed by atoms with Gasteiger partial charge in [0, 0.05) is 24.1 Å². The molecule has 0 heterocycles. The average molecular weight is 393 g/mol. The van der Waals surface area contributed by atoms with Gasteiger partial charge in [0.1, 0.15) is 11.6 Å². The van der Waals surface area contributed by atoms with E-state index in [2.05, 4.69) is 10.1 Å². The lowest BCUT2D eigenvalue weighted by Gasteiger charge is -2.43. The molecule has 4 nitrogen and oxygen atoms in total. The smallest absolute Gasteiger partial charge is 0.387 e. The molecule has 2 aliphatic rings. The van der Waals surface area contributed by atoms with Crippen molar-refractivity contribution < 1.29 is 22.7 Å². The van der Waals surface area contributed by atoms with Crippen molar-refractivity contribution in [1.82, 2.24) is 5.32 Å². The minimum atomic E-state index is -3.05. The maximum atomic E-state index is 13.9. The maximum absolute atomic E-state index is 13.9. The van der Waals surface area contributed by atoms with E-state index in [1.807, 2.05) is 0 Å². The van der Waals surface area contributed by atoms with Crippen molar-refractivity contribution in [2.45, 2.75) is 51.3 Å². The van der Waals surface area contributed by atoms with Crippen LogP contribution in [0.5, 0.6) is 5.75 Å². The number of amides is 1. The molecule has 0 saturated heterocycles. The highest BCUT2D eigenvalue weighted by Gasteiger charge is 2.40. The molecule has 0 spiro atoms. The quantitative estimate of drug-likeness (QED) is 0.804. The number of halogens is 4. The number of hydrogen-bond acceptors (Lipinski definition) is 3. The van der Waals surface area contributed by atoms with E-state index in [0.717, 1.165) is 38.2 Å². The van der Waals surface area contributed by atoms with Crippen LogP contribution in [0.15, 0.2) is 18.2 Å². The van der Waals surface area contributed by atoms with Gasteiger partial charge in [0.15, 0.2) is 0 Å². The maximum Gasteiger partial charge on any atom is 0.387 e. The summed E-state index contributed by atoms with van der Waals surface area (Å²) in [7, 11) is 0. The SMILES string of the molecule is Cl.NC1C2CCCC1CC(C(=O)NCc1c(F)cccc1OC(F)F)C2. The van der Waals surface area contributed by atoms with E-state index in [0.29, 0.717) is 11.8 Å². The van der Waals surface area contributed by atoms with Gasteiger partial charge >= 0.3 is 6.61 Å². The van der Waals surface area contributed by atoms with Gasteiger partial charge in [0.25, 0.3) is 0 Å². The van der Waals surface area contributed by atoms with Crippen molar-refractivity contribution in [2.75, 3.05) is 0 Å². The topological polar surface area (TPSA) is 64.4 Å². The summed E-state index contributed by atoms with van der Waals surface area (Å²) in [6, 6.07) is 3.88. The molecule has 0 aliphatic heterocycles. The monoisotopic (exact) mass is 392 g/mol. The molecule has 2 aliphatic carbocycles. The lowest BCUT2D eigenvalue weighted by atomic mass is 9.65. The number of alkyl halides is 2. The Morgan fingerprint density at radius 3 is 2.54 bits per heavy atom. The molecular weight excluding hydrogens is 369 g/mol. The summed E-state index contributed by atoms with van der Waals surface area (Å²) >= 11 is 0. The number of ether oxygens (including phenoxy) is 1. The van der Waals surface area contributed by atoms with E-state index in [1.165, 1.54) is 12.1 Å². The van der Waals surface area contributed by atoms with E-state index in [4.69, 9.17) is 5.73 Å². The summed E-state index contributed by atoms with van der Waals surface area (Å²) in [5.74, 6) is -0.543. The van der Waals surface area contributed by atoms with Crippen molar-refractivity contribution in [2.24, 2.45) is 23.5 Å². The number of benzene rings is 1. The Morgan fingerprint density at radius 2 is 1.92 bits per heavy atom. The molecule has 1 aromatic carbocycles. The third-order valence-electron chi connectivity index (χ3n) is 5.52. The first-order valence-corrected chi connectivity index (χ1v) is 8.71. The highest BCUT2D eigenvalue weighted by molar-refractivity contribution is 5.85. The van der Waals surface area contributed by atoms with Crippen LogP contribution in [0.2, 0.25) is 0 Å². The van der Waals surface area contributed by atoms with Crippen LogP contribution in [0, 0.1) is 23.6 Å². The van der Waals surface area contributed by atoms with Gasteiger partial charge in [-0.15, -0.1) is 12.4 Å². The number of carbonyl (C=O) groups is 1. The van der Waals surface area contributed by atoms with Gasteiger partial charge in [-0.3, -0.25) is 4.79 Å². The largest absolute Gasteiger partial charge is 0.434 e. The first-order valence-electron chi connectivity index (χ1n) is 8.71. The molecule has 26 heavy (non-hydrogen) atoms. The highest BCUT2D eigenvalue weighted by Crippen LogP contribution is 2.41. The number of hydrogen-bond donors (Lipinski definition) is 2. The van der Waals surface area contributed by atoms with Crippen LogP contribution < -0.4 is 15.8 Å². The predicted molar refractivity (Wildman–Crippen MR) is 93.7 cm³/mol.